The second-order valence-electron chi connectivity index (χ2n) is 6.14. The summed E-state index contributed by atoms with van der Waals surface area (Å²) in [6.45, 7) is 3.29. The van der Waals surface area contributed by atoms with E-state index in [9.17, 15) is 4.79 Å². The van der Waals surface area contributed by atoms with Crippen molar-refractivity contribution in [3.63, 3.8) is 0 Å². The highest BCUT2D eigenvalue weighted by molar-refractivity contribution is 7.08. The maximum atomic E-state index is 11.9. The summed E-state index contributed by atoms with van der Waals surface area (Å²) in [5.74, 6) is 0.750. The minimum atomic E-state index is 0.0875. The molecule has 1 aromatic rings. The lowest BCUT2D eigenvalue weighted by atomic mass is 9.95. The van der Waals surface area contributed by atoms with E-state index in [0.717, 1.165) is 18.2 Å². The Hall–Kier alpha value is -0.870. The summed E-state index contributed by atoms with van der Waals surface area (Å²) in [6, 6.07) is 2.75. The Labute approximate surface area is 125 Å². The van der Waals surface area contributed by atoms with Crippen molar-refractivity contribution in [2.45, 2.75) is 44.6 Å². The molecule has 0 radical (unpaired) electrons. The zero-order chi connectivity index (χ0) is 13.8. The van der Waals surface area contributed by atoms with Gasteiger partial charge in [0.05, 0.1) is 0 Å². The Kier molecular flexibility index (Phi) is 4.73. The smallest absolute Gasteiger partial charge is 0.252 e. The molecule has 0 spiro atoms. The van der Waals surface area contributed by atoms with Crippen molar-refractivity contribution >= 4 is 17.2 Å². The van der Waals surface area contributed by atoms with E-state index in [1.54, 1.807) is 11.3 Å². The van der Waals surface area contributed by atoms with Gasteiger partial charge in [0, 0.05) is 23.5 Å². The number of carbonyl (C=O) groups is 1. The Morgan fingerprint density at radius 3 is 2.65 bits per heavy atom. The van der Waals surface area contributed by atoms with Crippen molar-refractivity contribution in [3.05, 3.63) is 22.4 Å². The highest BCUT2D eigenvalue weighted by Gasteiger charge is 2.27. The summed E-state index contributed by atoms with van der Waals surface area (Å²) in [4.78, 5) is 14.6. The van der Waals surface area contributed by atoms with E-state index in [1.165, 1.54) is 51.6 Å². The van der Waals surface area contributed by atoms with Gasteiger partial charge in [-0.3, -0.25) is 4.79 Å². The number of amides is 1. The van der Waals surface area contributed by atoms with Crippen molar-refractivity contribution in [1.82, 2.24) is 10.2 Å². The number of nitrogens with zero attached hydrogens (tertiary/aromatic N) is 1. The predicted molar refractivity (Wildman–Crippen MR) is 83.2 cm³/mol. The molecule has 1 N–H and O–H groups in total. The van der Waals surface area contributed by atoms with E-state index in [0.29, 0.717) is 5.92 Å². The molecular weight excluding hydrogens is 268 g/mol. The molecule has 3 rings (SSSR count). The monoisotopic (exact) mass is 292 g/mol. The molecule has 1 saturated heterocycles. The van der Waals surface area contributed by atoms with E-state index < -0.39 is 0 Å². The summed E-state index contributed by atoms with van der Waals surface area (Å²) < 4.78 is 0. The van der Waals surface area contributed by atoms with E-state index >= 15 is 0 Å². The molecule has 0 aromatic carbocycles. The molecule has 2 aliphatic rings. The first-order valence-corrected chi connectivity index (χ1v) is 8.81. The van der Waals surface area contributed by atoms with Crippen LogP contribution in [0.2, 0.25) is 0 Å². The number of likely N-dealkylation sites (tertiary alicyclic amines) is 1. The van der Waals surface area contributed by atoms with Crippen molar-refractivity contribution in [2.75, 3.05) is 19.6 Å². The third kappa shape index (κ3) is 3.41. The average Bonchev–Trinajstić information content (AvgIpc) is 3.18. The second-order valence-corrected chi connectivity index (χ2v) is 6.92. The number of piperidine rings is 1. The molecule has 0 unspecified atom stereocenters. The van der Waals surface area contributed by atoms with E-state index in [-0.39, 0.29) is 5.91 Å². The molecule has 1 amide bonds. The Balaban J connectivity index is 1.39. The summed E-state index contributed by atoms with van der Waals surface area (Å²) in [7, 11) is 0. The Bertz CT molecular complexity index is 418. The second kappa shape index (κ2) is 6.72. The number of rotatable bonds is 4. The van der Waals surface area contributed by atoms with Crippen molar-refractivity contribution in [2.24, 2.45) is 5.92 Å². The molecule has 1 aliphatic carbocycles. The molecule has 1 aliphatic heterocycles. The van der Waals surface area contributed by atoms with Gasteiger partial charge in [0.1, 0.15) is 0 Å². The van der Waals surface area contributed by atoms with Crippen LogP contribution in [0.3, 0.4) is 0 Å². The average molecular weight is 292 g/mol. The standard InChI is InChI=1S/C16H24N2OS/c19-16(14-7-10-20-12-14)17-11-13-5-8-18(9-6-13)15-3-1-2-4-15/h7,10,12-13,15H,1-6,8-9,11H2,(H,17,19). The van der Waals surface area contributed by atoms with Gasteiger partial charge in [0.2, 0.25) is 0 Å². The number of hydrogen-bond acceptors (Lipinski definition) is 3. The zero-order valence-corrected chi connectivity index (χ0v) is 12.8. The number of thiophene rings is 1. The van der Waals surface area contributed by atoms with Crippen LogP contribution in [-0.4, -0.2) is 36.5 Å². The summed E-state index contributed by atoms with van der Waals surface area (Å²) in [6.07, 6.45) is 8.11. The van der Waals surface area contributed by atoms with Gasteiger partial charge in [0.15, 0.2) is 0 Å². The van der Waals surface area contributed by atoms with Crippen LogP contribution in [0, 0.1) is 5.92 Å². The van der Waals surface area contributed by atoms with Crippen LogP contribution in [0.1, 0.15) is 48.9 Å². The first-order chi connectivity index (χ1) is 9.83. The van der Waals surface area contributed by atoms with Crippen molar-refractivity contribution in [3.8, 4) is 0 Å². The van der Waals surface area contributed by atoms with Gasteiger partial charge in [0.25, 0.3) is 5.91 Å². The summed E-state index contributed by atoms with van der Waals surface area (Å²) in [5, 5.41) is 6.96. The van der Waals surface area contributed by atoms with Crippen LogP contribution in [0.15, 0.2) is 16.8 Å². The summed E-state index contributed by atoms with van der Waals surface area (Å²) in [5.41, 5.74) is 0.804. The van der Waals surface area contributed by atoms with E-state index in [4.69, 9.17) is 0 Å². The van der Waals surface area contributed by atoms with Crippen LogP contribution in [0.5, 0.6) is 0 Å². The van der Waals surface area contributed by atoms with Crippen LogP contribution in [-0.2, 0) is 0 Å². The van der Waals surface area contributed by atoms with Gasteiger partial charge in [-0.2, -0.15) is 11.3 Å². The molecule has 2 heterocycles. The molecule has 0 bridgehead atoms. The van der Waals surface area contributed by atoms with Crippen LogP contribution >= 0.6 is 11.3 Å². The fraction of sp³-hybridized carbons (Fsp3) is 0.688. The highest BCUT2D eigenvalue weighted by atomic mass is 32.1. The highest BCUT2D eigenvalue weighted by Crippen LogP contribution is 2.27. The number of carbonyl (C=O) groups excluding carboxylic acids is 1. The van der Waals surface area contributed by atoms with Crippen molar-refractivity contribution in [1.29, 1.82) is 0 Å². The molecular formula is C16H24N2OS. The lowest BCUT2D eigenvalue weighted by Gasteiger charge is -2.36. The molecule has 4 heteroatoms. The quantitative estimate of drug-likeness (QED) is 0.924. The van der Waals surface area contributed by atoms with Crippen LogP contribution in [0.4, 0.5) is 0 Å². The third-order valence-corrected chi connectivity index (χ3v) is 5.51. The van der Waals surface area contributed by atoms with Gasteiger partial charge in [-0.15, -0.1) is 0 Å². The zero-order valence-electron chi connectivity index (χ0n) is 12.0. The molecule has 1 saturated carbocycles. The molecule has 1 aromatic heterocycles. The van der Waals surface area contributed by atoms with Crippen LogP contribution < -0.4 is 5.32 Å². The molecule has 2 fully saturated rings. The van der Waals surface area contributed by atoms with Crippen molar-refractivity contribution < 1.29 is 4.79 Å². The molecule has 0 atom stereocenters. The fourth-order valence-corrected chi connectivity index (χ4v) is 4.16. The Morgan fingerprint density at radius 2 is 2.00 bits per heavy atom. The fourth-order valence-electron chi connectivity index (χ4n) is 3.52. The maximum absolute atomic E-state index is 11.9. The first-order valence-electron chi connectivity index (χ1n) is 7.87. The number of nitrogens with one attached hydrogen (secondary N) is 1. The van der Waals surface area contributed by atoms with Gasteiger partial charge >= 0.3 is 0 Å². The molecule has 20 heavy (non-hydrogen) atoms. The van der Waals surface area contributed by atoms with Gasteiger partial charge < -0.3 is 10.2 Å². The van der Waals surface area contributed by atoms with Crippen LogP contribution in [0.25, 0.3) is 0 Å². The van der Waals surface area contributed by atoms with Gasteiger partial charge in [-0.25, -0.2) is 0 Å². The molecule has 3 nitrogen and oxygen atoms in total. The van der Waals surface area contributed by atoms with Gasteiger partial charge in [-0.05, 0) is 56.1 Å². The van der Waals surface area contributed by atoms with Gasteiger partial charge in [-0.1, -0.05) is 12.8 Å². The molecule has 110 valence electrons. The maximum Gasteiger partial charge on any atom is 0.252 e. The first kappa shape index (κ1) is 14.1. The lowest BCUT2D eigenvalue weighted by molar-refractivity contribution is 0.0925. The summed E-state index contributed by atoms with van der Waals surface area (Å²) >= 11 is 1.58. The lowest BCUT2D eigenvalue weighted by Crippen LogP contribution is -2.42. The third-order valence-electron chi connectivity index (χ3n) is 4.82. The minimum Gasteiger partial charge on any atom is -0.352 e. The normalized spacial score (nSPS) is 22.2. The van der Waals surface area contributed by atoms with E-state index in [1.807, 2.05) is 16.8 Å². The minimum absolute atomic E-state index is 0.0875. The topological polar surface area (TPSA) is 32.3 Å². The van der Waals surface area contributed by atoms with E-state index in [2.05, 4.69) is 10.2 Å². The number of hydrogen-bond donors (Lipinski definition) is 1. The largest absolute Gasteiger partial charge is 0.352 e. The Morgan fingerprint density at radius 1 is 1.25 bits per heavy atom. The SMILES string of the molecule is O=C(NCC1CCN(C2CCCC2)CC1)c1ccsc1. The predicted octanol–water partition coefficient (Wildman–Crippen LogP) is 3.13.